The van der Waals surface area contributed by atoms with Gasteiger partial charge in [-0.15, -0.1) is 0 Å². The molecule has 0 heterocycles. The molecule has 0 bridgehead atoms. The molecule has 0 aliphatic carbocycles. The molecular weight excluding hydrogens is 695 g/mol. The fourth-order valence-corrected chi connectivity index (χ4v) is 6.72. The summed E-state index contributed by atoms with van der Waals surface area (Å²) in [7, 11) is 1.56. The minimum Gasteiger partial charge on any atom is -0.387 e. The molecule has 1 amide bonds. The van der Waals surface area contributed by atoms with Crippen LogP contribution in [-0.2, 0) is 18.4 Å². The number of rotatable bonds is 39. The van der Waals surface area contributed by atoms with E-state index in [1.807, 2.05) is 27.2 Å². The predicted octanol–water partition coefficient (Wildman–Crippen LogP) is 12.1. The van der Waals surface area contributed by atoms with Crippen molar-refractivity contribution in [2.75, 3.05) is 40.9 Å². The molecule has 3 N–H and O–H groups in total. The summed E-state index contributed by atoms with van der Waals surface area (Å²) in [5.41, 5.74) is 0. The Labute approximate surface area is 333 Å². The van der Waals surface area contributed by atoms with Crippen molar-refractivity contribution in [3.8, 4) is 0 Å². The summed E-state index contributed by atoms with van der Waals surface area (Å²) >= 11 is 0. The molecule has 9 heteroatoms. The summed E-state index contributed by atoms with van der Waals surface area (Å²) in [6.07, 6.45) is 46.0. The van der Waals surface area contributed by atoms with Gasteiger partial charge in [0.05, 0.1) is 39.9 Å². The van der Waals surface area contributed by atoms with Crippen LogP contribution in [0.5, 0.6) is 0 Å². The van der Waals surface area contributed by atoms with Crippen LogP contribution >= 0.6 is 7.82 Å². The molecular formula is C45H86N2O6P+. The van der Waals surface area contributed by atoms with Crippen LogP contribution in [0.4, 0.5) is 0 Å². The number of aliphatic hydroxyl groups is 1. The highest BCUT2D eigenvalue weighted by molar-refractivity contribution is 7.47. The smallest absolute Gasteiger partial charge is 0.387 e. The average molecular weight is 782 g/mol. The van der Waals surface area contributed by atoms with Crippen LogP contribution in [0.1, 0.15) is 181 Å². The van der Waals surface area contributed by atoms with Gasteiger partial charge in [-0.2, -0.15) is 0 Å². The summed E-state index contributed by atoms with van der Waals surface area (Å²) in [4.78, 5) is 23.1. The molecule has 0 rings (SSSR count). The first-order chi connectivity index (χ1) is 26.0. The van der Waals surface area contributed by atoms with E-state index in [1.165, 1.54) is 96.3 Å². The number of phosphoric acid groups is 1. The number of likely N-dealkylation sites (N-methyl/N-ethyl adjacent to an activating group) is 1. The second-order valence-electron chi connectivity index (χ2n) is 16.1. The molecule has 0 aliphatic heterocycles. The molecule has 0 aromatic heterocycles. The number of unbranched alkanes of at least 4 members (excludes halogenated alkanes) is 20. The average Bonchev–Trinajstić information content (AvgIpc) is 3.12. The maximum Gasteiger partial charge on any atom is 0.472 e. The van der Waals surface area contributed by atoms with Gasteiger partial charge in [0.1, 0.15) is 13.2 Å². The van der Waals surface area contributed by atoms with Crippen molar-refractivity contribution >= 4 is 13.7 Å². The summed E-state index contributed by atoms with van der Waals surface area (Å²) < 4.78 is 23.5. The number of aliphatic hydroxyl groups excluding tert-OH is 1. The van der Waals surface area contributed by atoms with Gasteiger partial charge in [-0.1, -0.05) is 165 Å². The van der Waals surface area contributed by atoms with Gasteiger partial charge in [0, 0.05) is 6.42 Å². The molecule has 0 saturated heterocycles. The Morgan fingerprint density at radius 2 is 1.06 bits per heavy atom. The van der Waals surface area contributed by atoms with Gasteiger partial charge in [-0.25, -0.2) is 4.57 Å². The van der Waals surface area contributed by atoms with Gasteiger partial charge in [0.2, 0.25) is 5.91 Å². The van der Waals surface area contributed by atoms with Crippen LogP contribution in [0, 0.1) is 0 Å². The highest BCUT2D eigenvalue weighted by Gasteiger charge is 2.27. The normalized spacial score (nSPS) is 14.9. The highest BCUT2D eigenvalue weighted by Crippen LogP contribution is 2.43. The van der Waals surface area contributed by atoms with Crippen LogP contribution in [0.25, 0.3) is 0 Å². The fraction of sp³-hybridized carbons (Fsp3) is 0.800. The molecule has 316 valence electrons. The van der Waals surface area contributed by atoms with E-state index in [0.29, 0.717) is 17.4 Å². The van der Waals surface area contributed by atoms with Crippen LogP contribution in [0.3, 0.4) is 0 Å². The zero-order valence-electron chi connectivity index (χ0n) is 35.7. The van der Waals surface area contributed by atoms with Crippen molar-refractivity contribution in [3.63, 3.8) is 0 Å². The molecule has 0 aromatic carbocycles. The number of phosphoric ester groups is 1. The lowest BCUT2D eigenvalue weighted by Gasteiger charge is -2.25. The Balaban J connectivity index is 4.45. The first-order valence-electron chi connectivity index (χ1n) is 22.0. The Morgan fingerprint density at radius 3 is 1.57 bits per heavy atom. The molecule has 0 radical (unpaired) electrons. The van der Waals surface area contributed by atoms with E-state index >= 15 is 0 Å². The van der Waals surface area contributed by atoms with Crippen LogP contribution in [0.2, 0.25) is 0 Å². The standard InChI is InChI=1S/C45H85N2O6P/c1-6-8-10-12-14-16-18-20-21-22-23-24-25-27-29-31-33-35-37-39-45(49)46-43(42-53-54(50,51)52-41-40-47(3,4)5)44(48)38-36-34-32-30-28-26-19-17-15-13-11-9-7-2/h14,16,20-21,23-24,36,38,43-44,48H,6-13,15,17-19,22,25-35,37,39-42H2,1-5H3,(H-,46,49,50,51)/p+1/b16-14-,21-20-,24-23-,38-36+. The number of nitrogens with one attached hydrogen (secondary N) is 1. The molecule has 0 spiro atoms. The van der Waals surface area contributed by atoms with Crippen LogP contribution < -0.4 is 5.32 Å². The zero-order chi connectivity index (χ0) is 40.0. The Hall–Kier alpha value is -1.54. The van der Waals surface area contributed by atoms with E-state index in [2.05, 4.69) is 55.6 Å². The number of carbonyl (C=O) groups is 1. The SMILES string of the molecule is CCCCC/C=C\C/C=C\C/C=C\CCCCCCCCC(=O)NC(COP(=O)(O)OCC[N+](C)(C)C)C(O)/C=C/CCCCCCCCCCCCC. The van der Waals surface area contributed by atoms with Gasteiger partial charge < -0.3 is 19.8 Å². The minimum absolute atomic E-state index is 0.0571. The third-order valence-corrected chi connectivity index (χ3v) is 10.5. The topological polar surface area (TPSA) is 105 Å². The van der Waals surface area contributed by atoms with Gasteiger partial charge in [-0.3, -0.25) is 13.8 Å². The fourth-order valence-electron chi connectivity index (χ4n) is 5.99. The molecule has 8 nitrogen and oxygen atoms in total. The summed E-state index contributed by atoms with van der Waals surface area (Å²) in [6.45, 7) is 4.76. The lowest BCUT2D eigenvalue weighted by atomic mass is 10.0. The molecule has 3 atom stereocenters. The van der Waals surface area contributed by atoms with Crippen molar-refractivity contribution in [1.29, 1.82) is 0 Å². The number of hydrogen-bond donors (Lipinski definition) is 3. The van der Waals surface area contributed by atoms with E-state index in [1.54, 1.807) is 6.08 Å². The van der Waals surface area contributed by atoms with Gasteiger partial charge >= 0.3 is 7.82 Å². The Bertz CT molecular complexity index is 1020. The largest absolute Gasteiger partial charge is 0.472 e. The number of hydrogen-bond acceptors (Lipinski definition) is 5. The third kappa shape index (κ3) is 38.7. The maximum atomic E-state index is 12.9. The summed E-state index contributed by atoms with van der Waals surface area (Å²) in [5, 5.41) is 13.8. The van der Waals surface area contributed by atoms with Crippen molar-refractivity contribution in [3.05, 3.63) is 48.6 Å². The molecule has 0 aliphatic rings. The van der Waals surface area contributed by atoms with Crippen LogP contribution in [-0.4, -0.2) is 73.4 Å². The van der Waals surface area contributed by atoms with Crippen molar-refractivity contribution in [2.45, 2.75) is 193 Å². The zero-order valence-corrected chi connectivity index (χ0v) is 36.6. The second-order valence-corrected chi connectivity index (χ2v) is 17.5. The van der Waals surface area contributed by atoms with Gasteiger partial charge in [-0.05, 0) is 57.8 Å². The van der Waals surface area contributed by atoms with E-state index in [0.717, 1.165) is 64.2 Å². The Kier molecular flexibility index (Phi) is 36.0. The molecule has 0 aromatic rings. The van der Waals surface area contributed by atoms with E-state index in [9.17, 15) is 19.4 Å². The number of carbonyl (C=O) groups excluding carboxylic acids is 1. The van der Waals surface area contributed by atoms with E-state index in [-0.39, 0.29) is 19.1 Å². The van der Waals surface area contributed by atoms with Gasteiger partial charge in [0.25, 0.3) is 0 Å². The molecule has 0 saturated carbocycles. The molecule has 0 fully saturated rings. The van der Waals surface area contributed by atoms with E-state index in [4.69, 9.17) is 9.05 Å². The van der Waals surface area contributed by atoms with E-state index < -0.39 is 20.0 Å². The number of quaternary nitrogens is 1. The lowest BCUT2D eigenvalue weighted by Crippen LogP contribution is -2.45. The summed E-state index contributed by atoms with van der Waals surface area (Å²) in [5.74, 6) is -0.192. The van der Waals surface area contributed by atoms with Gasteiger partial charge in [0.15, 0.2) is 0 Å². The van der Waals surface area contributed by atoms with Crippen LogP contribution in [0.15, 0.2) is 48.6 Å². The van der Waals surface area contributed by atoms with Crippen molar-refractivity contribution in [2.24, 2.45) is 0 Å². The first-order valence-corrected chi connectivity index (χ1v) is 23.5. The minimum atomic E-state index is -4.34. The number of allylic oxidation sites excluding steroid dienone is 7. The highest BCUT2D eigenvalue weighted by atomic mass is 31.2. The second kappa shape index (κ2) is 37.1. The third-order valence-electron chi connectivity index (χ3n) is 9.54. The summed E-state index contributed by atoms with van der Waals surface area (Å²) in [6, 6.07) is -0.853. The maximum absolute atomic E-state index is 12.9. The quantitative estimate of drug-likeness (QED) is 0.0248. The monoisotopic (exact) mass is 782 g/mol. The number of nitrogens with zero attached hydrogens (tertiary/aromatic N) is 1. The predicted molar refractivity (Wildman–Crippen MR) is 231 cm³/mol. The molecule has 54 heavy (non-hydrogen) atoms. The number of amides is 1. The lowest BCUT2D eigenvalue weighted by molar-refractivity contribution is -0.870. The first kappa shape index (κ1) is 52.5. The Morgan fingerprint density at radius 1 is 0.630 bits per heavy atom. The molecule has 3 unspecified atom stereocenters. The van der Waals surface area contributed by atoms with Crippen molar-refractivity contribution in [1.82, 2.24) is 5.32 Å². The van der Waals surface area contributed by atoms with Crippen molar-refractivity contribution < 1.29 is 32.9 Å².